The quantitative estimate of drug-likeness (QED) is 0.421. The molecule has 2 rings (SSSR count). The second kappa shape index (κ2) is 9.08. The number of benzene rings is 1. The van der Waals surface area contributed by atoms with Gasteiger partial charge >= 0.3 is 0 Å². The fraction of sp³-hybridized carbons (Fsp3) is 0.444. The van der Waals surface area contributed by atoms with Crippen LogP contribution < -0.4 is 16.0 Å². The number of guanidine groups is 1. The summed E-state index contributed by atoms with van der Waals surface area (Å²) >= 11 is 0. The highest BCUT2D eigenvalue weighted by molar-refractivity contribution is 5.92. The van der Waals surface area contributed by atoms with Crippen LogP contribution in [0, 0.1) is 0 Å². The normalized spacial score (nSPS) is 14.9. The van der Waals surface area contributed by atoms with Gasteiger partial charge in [-0.2, -0.15) is 0 Å². The highest BCUT2D eigenvalue weighted by Crippen LogP contribution is 2.11. The number of aliphatic imine (C=N–C) groups is 1. The lowest BCUT2D eigenvalue weighted by atomic mass is 10.2. The molecular formula is C18H27N5O. The van der Waals surface area contributed by atoms with Gasteiger partial charge in [-0.3, -0.25) is 9.79 Å². The zero-order chi connectivity index (χ0) is 17.4. The molecule has 0 atom stereocenters. The van der Waals surface area contributed by atoms with Crippen LogP contribution in [0.3, 0.4) is 0 Å². The smallest absolute Gasteiger partial charge is 0.238 e. The van der Waals surface area contributed by atoms with E-state index in [0.29, 0.717) is 19.1 Å². The standard InChI is InChI=1S/C18H27N5O/c1-19-18(22-15-8-4-5-9-15)20-12-14-7-6-10-16(11-14)21-17(24)13-23(2)3/h4-7,10-11,15H,8-9,12-13H2,1-3H3,(H,21,24)(H2,19,20,22). The van der Waals surface area contributed by atoms with E-state index in [1.54, 1.807) is 7.05 Å². The van der Waals surface area contributed by atoms with Gasteiger partial charge in [0, 0.05) is 25.3 Å². The first-order valence-electron chi connectivity index (χ1n) is 8.22. The summed E-state index contributed by atoms with van der Waals surface area (Å²) in [7, 11) is 5.52. The molecule has 0 aromatic heterocycles. The van der Waals surface area contributed by atoms with Crippen LogP contribution in [0.25, 0.3) is 0 Å². The second-order valence-corrected chi connectivity index (χ2v) is 6.20. The van der Waals surface area contributed by atoms with E-state index in [0.717, 1.165) is 30.1 Å². The molecule has 0 radical (unpaired) electrons. The number of nitrogens with one attached hydrogen (secondary N) is 3. The first-order valence-corrected chi connectivity index (χ1v) is 8.22. The Morgan fingerprint density at radius 1 is 1.29 bits per heavy atom. The van der Waals surface area contributed by atoms with Crippen molar-refractivity contribution in [3.05, 3.63) is 42.0 Å². The van der Waals surface area contributed by atoms with Crippen LogP contribution >= 0.6 is 0 Å². The van der Waals surface area contributed by atoms with Gasteiger partial charge in [0.05, 0.1) is 6.54 Å². The molecule has 3 N–H and O–H groups in total. The van der Waals surface area contributed by atoms with E-state index in [1.807, 2.05) is 43.3 Å². The minimum absolute atomic E-state index is 0.0173. The van der Waals surface area contributed by atoms with Crippen molar-refractivity contribution < 1.29 is 4.79 Å². The van der Waals surface area contributed by atoms with Crippen LogP contribution in [0.15, 0.2) is 41.4 Å². The number of rotatable bonds is 6. The maximum absolute atomic E-state index is 11.8. The summed E-state index contributed by atoms with van der Waals surface area (Å²) in [5, 5.41) is 9.63. The highest BCUT2D eigenvalue weighted by atomic mass is 16.2. The molecule has 1 aliphatic rings. The molecule has 0 spiro atoms. The van der Waals surface area contributed by atoms with Crippen molar-refractivity contribution in [1.82, 2.24) is 15.5 Å². The molecule has 0 heterocycles. The van der Waals surface area contributed by atoms with E-state index in [2.05, 4.69) is 33.1 Å². The summed E-state index contributed by atoms with van der Waals surface area (Å²) in [4.78, 5) is 17.9. The molecule has 0 aliphatic heterocycles. The van der Waals surface area contributed by atoms with Gasteiger partial charge in [0.25, 0.3) is 0 Å². The average Bonchev–Trinajstić information content (AvgIpc) is 3.04. The molecule has 1 aromatic carbocycles. The van der Waals surface area contributed by atoms with E-state index in [1.165, 1.54) is 0 Å². The van der Waals surface area contributed by atoms with Gasteiger partial charge in [-0.25, -0.2) is 0 Å². The molecule has 0 saturated carbocycles. The third-order valence-electron chi connectivity index (χ3n) is 3.70. The largest absolute Gasteiger partial charge is 0.353 e. The molecule has 0 bridgehead atoms. The predicted octanol–water partition coefficient (Wildman–Crippen LogP) is 1.57. The summed E-state index contributed by atoms with van der Waals surface area (Å²) in [5.41, 5.74) is 1.90. The summed E-state index contributed by atoms with van der Waals surface area (Å²) in [6, 6.07) is 8.27. The van der Waals surface area contributed by atoms with Gasteiger partial charge in [-0.05, 0) is 44.6 Å². The van der Waals surface area contributed by atoms with Crippen molar-refractivity contribution in [3.8, 4) is 0 Å². The fourth-order valence-corrected chi connectivity index (χ4v) is 2.56. The van der Waals surface area contributed by atoms with Gasteiger partial charge in [-0.15, -0.1) is 0 Å². The Morgan fingerprint density at radius 3 is 2.71 bits per heavy atom. The number of anilines is 1. The van der Waals surface area contributed by atoms with E-state index in [9.17, 15) is 4.79 Å². The third-order valence-corrected chi connectivity index (χ3v) is 3.70. The number of likely N-dealkylation sites (N-methyl/N-ethyl adjacent to an activating group) is 1. The van der Waals surface area contributed by atoms with Crippen molar-refractivity contribution >= 4 is 17.6 Å². The molecule has 0 saturated heterocycles. The van der Waals surface area contributed by atoms with E-state index >= 15 is 0 Å². The summed E-state index contributed by atoms with van der Waals surface area (Å²) < 4.78 is 0. The maximum atomic E-state index is 11.8. The molecule has 1 aliphatic carbocycles. The average molecular weight is 329 g/mol. The van der Waals surface area contributed by atoms with Crippen LogP contribution in [0.5, 0.6) is 0 Å². The number of carbonyl (C=O) groups excluding carboxylic acids is 1. The van der Waals surface area contributed by atoms with Gasteiger partial charge < -0.3 is 20.9 Å². The molecule has 1 amide bonds. The molecule has 0 fully saturated rings. The number of hydrogen-bond acceptors (Lipinski definition) is 3. The van der Waals surface area contributed by atoms with Gasteiger partial charge in [0.2, 0.25) is 5.91 Å². The molecule has 1 aromatic rings. The van der Waals surface area contributed by atoms with Crippen molar-refractivity contribution in [1.29, 1.82) is 0 Å². The van der Waals surface area contributed by atoms with E-state index in [4.69, 9.17) is 0 Å². The Balaban J connectivity index is 1.85. The fourth-order valence-electron chi connectivity index (χ4n) is 2.56. The van der Waals surface area contributed by atoms with Crippen LogP contribution in [0.2, 0.25) is 0 Å². The second-order valence-electron chi connectivity index (χ2n) is 6.20. The molecular weight excluding hydrogens is 302 g/mol. The first-order chi connectivity index (χ1) is 11.6. The molecule has 24 heavy (non-hydrogen) atoms. The Kier molecular flexibility index (Phi) is 6.81. The Bertz CT molecular complexity index is 601. The van der Waals surface area contributed by atoms with Crippen LogP contribution in [-0.4, -0.2) is 50.5 Å². The summed E-state index contributed by atoms with van der Waals surface area (Å²) in [6.45, 7) is 1.02. The summed E-state index contributed by atoms with van der Waals surface area (Å²) in [5.74, 6) is 0.780. The van der Waals surface area contributed by atoms with Gasteiger partial charge in [-0.1, -0.05) is 24.3 Å². The number of amides is 1. The Labute approximate surface area is 144 Å². The van der Waals surface area contributed by atoms with Crippen LogP contribution in [0.4, 0.5) is 5.69 Å². The van der Waals surface area contributed by atoms with Crippen molar-refractivity contribution in [2.24, 2.45) is 4.99 Å². The topological polar surface area (TPSA) is 68.8 Å². The number of nitrogens with zero attached hydrogens (tertiary/aromatic N) is 2. The first kappa shape index (κ1) is 18.0. The van der Waals surface area contributed by atoms with Gasteiger partial charge in [0.15, 0.2) is 5.96 Å². The lowest BCUT2D eigenvalue weighted by molar-refractivity contribution is -0.116. The van der Waals surface area contributed by atoms with E-state index < -0.39 is 0 Å². The lowest BCUT2D eigenvalue weighted by Gasteiger charge is -2.17. The number of carbonyl (C=O) groups is 1. The van der Waals surface area contributed by atoms with Crippen molar-refractivity contribution in [2.75, 3.05) is 33.0 Å². The Hall–Kier alpha value is -2.34. The van der Waals surface area contributed by atoms with Crippen molar-refractivity contribution in [2.45, 2.75) is 25.4 Å². The molecule has 130 valence electrons. The monoisotopic (exact) mass is 329 g/mol. The Morgan fingerprint density at radius 2 is 2.04 bits per heavy atom. The lowest BCUT2D eigenvalue weighted by Crippen LogP contribution is -2.42. The van der Waals surface area contributed by atoms with Crippen LogP contribution in [0.1, 0.15) is 18.4 Å². The predicted molar refractivity (Wildman–Crippen MR) is 99.1 cm³/mol. The SMILES string of the molecule is CN=C(NCc1cccc(NC(=O)CN(C)C)c1)NC1CC=CC1. The molecule has 6 nitrogen and oxygen atoms in total. The van der Waals surface area contributed by atoms with Gasteiger partial charge in [0.1, 0.15) is 0 Å². The van der Waals surface area contributed by atoms with Crippen LogP contribution in [-0.2, 0) is 11.3 Å². The minimum Gasteiger partial charge on any atom is -0.353 e. The zero-order valence-electron chi connectivity index (χ0n) is 14.7. The molecule has 6 heteroatoms. The minimum atomic E-state index is -0.0173. The zero-order valence-corrected chi connectivity index (χ0v) is 14.7. The highest BCUT2D eigenvalue weighted by Gasteiger charge is 2.11. The number of hydrogen-bond donors (Lipinski definition) is 3. The van der Waals surface area contributed by atoms with E-state index in [-0.39, 0.29) is 5.91 Å². The summed E-state index contributed by atoms with van der Waals surface area (Å²) in [6.07, 6.45) is 6.44. The van der Waals surface area contributed by atoms with Crippen molar-refractivity contribution in [3.63, 3.8) is 0 Å². The molecule has 0 unspecified atom stereocenters. The third kappa shape index (κ3) is 6.04. The maximum Gasteiger partial charge on any atom is 0.238 e.